The van der Waals surface area contributed by atoms with Crippen molar-refractivity contribution in [3.8, 4) is 0 Å². The third kappa shape index (κ3) is 3.58. The molecule has 2 unspecified atom stereocenters. The van der Waals surface area contributed by atoms with Gasteiger partial charge in [0.2, 0.25) is 11.8 Å². The number of benzene rings is 1. The first-order valence-electron chi connectivity index (χ1n) is 9.51. The zero-order valence-corrected chi connectivity index (χ0v) is 16.1. The summed E-state index contributed by atoms with van der Waals surface area (Å²) in [5.41, 5.74) is 3.21. The third-order valence-electron chi connectivity index (χ3n) is 5.62. The van der Waals surface area contributed by atoms with Crippen molar-refractivity contribution < 1.29 is 9.59 Å². The Bertz CT molecular complexity index is 658. The minimum absolute atomic E-state index is 0.0309. The second-order valence-electron chi connectivity index (χ2n) is 8.14. The Kier molecular flexibility index (Phi) is 4.90. The Morgan fingerprint density at radius 2 is 1.68 bits per heavy atom. The molecule has 0 bridgehead atoms. The summed E-state index contributed by atoms with van der Waals surface area (Å²) in [4.78, 5) is 30.0. The first-order chi connectivity index (χ1) is 11.8. The Morgan fingerprint density at radius 3 is 2.20 bits per heavy atom. The van der Waals surface area contributed by atoms with Gasteiger partial charge in [0.05, 0.1) is 0 Å². The van der Waals surface area contributed by atoms with E-state index in [1.165, 1.54) is 0 Å². The molecule has 3 rings (SSSR count). The molecule has 2 atom stereocenters. The van der Waals surface area contributed by atoms with Gasteiger partial charge in [-0.2, -0.15) is 0 Å². The molecule has 1 aliphatic carbocycles. The van der Waals surface area contributed by atoms with Crippen molar-refractivity contribution in [3.63, 3.8) is 0 Å². The standard InChI is InChI=1S/C21H30N2O2/c1-13(2)16(5)23(17-6-7-17)21(25)19-8-9-22(20(19)24)18-11-14(3)10-15(4)12-18/h10-13,16-17,19H,6-9H2,1-5H3. The Hall–Kier alpha value is -1.84. The van der Waals surface area contributed by atoms with Gasteiger partial charge in [0.25, 0.3) is 0 Å². The van der Waals surface area contributed by atoms with Gasteiger partial charge in [-0.15, -0.1) is 0 Å². The van der Waals surface area contributed by atoms with Crippen LogP contribution in [0.5, 0.6) is 0 Å². The van der Waals surface area contributed by atoms with E-state index in [0.29, 0.717) is 24.9 Å². The normalized spacial score (nSPS) is 21.8. The van der Waals surface area contributed by atoms with Crippen molar-refractivity contribution in [3.05, 3.63) is 29.3 Å². The van der Waals surface area contributed by atoms with E-state index < -0.39 is 5.92 Å². The van der Waals surface area contributed by atoms with Crippen molar-refractivity contribution in [1.82, 2.24) is 4.90 Å². The summed E-state index contributed by atoms with van der Waals surface area (Å²) in [5.74, 6) is -0.101. The van der Waals surface area contributed by atoms with E-state index in [9.17, 15) is 9.59 Å². The Labute approximate surface area is 151 Å². The summed E-state index contributed by atoms with van der Waals surface area (Å²) in [6.07, 6.45) is 2.77. The minimum Gasteiger partial charge on any atom is -0.336 e. The summed E-state index contributed by atoms with van der Waals surface area (Å²) < 4.78 is 0. The molecule has 1 saturated heterocycles. The number of rotatable bonds is 5. The number of carbonyl (C=O) groups is 2. The number of hydrogen-bond donors (Lipinski definition) is 0. The zero-order valence-electron chi connectivity index (χ0n) is 16.1. The van der Waals surface area contributed by atoms with Crippen LogP contribution in [-0.2, 0) is 9.59 Å². The lowest BCUT2D eigenvalue weighted by molar-refractivity contribution is -0.142. The van der Waals surface area contributed by atoms with E-state index in [-0.39, 0.29) is 17.9 Å². The fourth-order valence-corrected chi connectivity index (χ4v) is 3.84. The maximum absolute atomic E-state index is 13.2. The summed E-state index contributed by atoms with van der Waals surface area (Å²) in [6, 6.07) is 6.70. The molecule has 1 aromatic carbocycles. The summed E-state index contributed by atoms with van der Waals surface area (Å²) in [7, 11) is 0. The number of carbonyl (C=O) groups excluding carboxylic acids is 2. The third-order valence-corrected chi connectivity index (χ3v) is 5.62. The van der Waals surface area contributed by atoms with Crippen LogP contribution in [0.1, 0.15) is 51.2 Å². The van der Waals surface area contributed by atoms with Crippen LogP contribution < -0.4 is 4.90 Å². The second-order valence-corrected chi connectivity index (χ2v) is 8.14. The molecule has 2 aliphatic rings. The van der Waals surface area contributed by atoms with Crippen LogP contribution in [0.3, 0.4) is 0 Å². The number of nitrogens with zero attached hydrogens (tertiary/aromatic N) is 2. The van der Waals surface area contributed by atoms with Crippen LogP contribution in [0, 0.1) is 25.7 Å². The largest absolute Gasteiger partial charge is 0.336 e. The van der Waals surface area contributed by atoms with Crippen molar-refractivity contribution in [1.29, 1.82) is 0 Å². The van der Waals surface area contributed by atoms with Crippen LogP contribution in [0.4, 0.5) is 5.69 Å². The van der Waals surface area contributed by atoms with Crippen molar-refractivity contribution in [2.24, 2.45) is 11.8 Å². The SMILES string of the molecule is Cc1cc(C)cc(N2CCC(C(=O)N(C3CC3)C(C)C(C)C)C2=O)c1. The van der Waals surface area contributed by atoms with Gasteiger partial charge >= 0.3 is 0 Å². The summed E-state index contributed by atoms with van der Waals surface area (Å²) in [5, 5.41) is 0. The van der Waals surface area contributed by atoms with Crippen LogP contribution >= 0.6 is 0 Å². The highest BCUT2D eigenvalue weighted by Gasteiger charge is 2.45. The van der Waals surface area contributed by atoms with E-state index in [1.807, 2.05) is 30.9 Å². The van der Waals surface area contributed by atoms with Crippen molar-refractivity contribution >= 4 is 17.5 Å². The number of anilines is 1. The highest BCUT2D eigenvalue weighted by Crippen LogP contribution is 2.35. The highest BCUT2D eigenvalue weighted by atomic mass is 16.2. The van der Waals surface area contributed by atoms with Gasteiger partial charge in [-0.05, 0) is 69.2 Å². The fourth-order valence-electron chi connectivity index (χ4n) is 3.84. The van der Waals surface area contributed by atoms with Gasteiger partial charge in [-0.1, -0.05) is 19.9 Å². The van der Waals surface area contributed by atoms with E-state index in [4.69, 9.17) is 0 Å². The van der Waals surface area contributed by atoms with E-state index in [2.05, 4.69) is 26.8 Å². The molecule has 0 aromatic heterocycles. The van der Waals surface area contributed by atoms with Crippen LogP contribution in [0.25, 0.3) is 0 Å². The second kappa shape index (κ2) is 6.81. The molecule has 136 valence electrons. The smallest absolute Gasteiger partial charge is 0.239 e. The van der Waals surface area contributed by atoms with E-state index >= 15 is 0 Å². The lowest BCUT2D eigenvalue weighted by atomic mass is 10.00. The van der Waals surface area contributed by atoms with Gasteiger partial charge in [0, 0.05) is 24.3 Å². The lowest BCUT2D eigenvalue weighted by Crippen LogP contribution is -2.47. The molecule has 2 fully saturated rings. The molecule has 0 N–H and O–H groups in total. The molecule has 0 radical (unpaired) electrons. The number of hydrogen-bond acceptors (Lipinski definition) is 2. The molecular weight excluding hydrogens is 312 g/mol. The van der Waals surface area contributed by atoms with Crippen LogP contribution in [-0.4, -0.2) is 35.3 Å². The first-order valence-corrected chi connectivity index (χ1v) is 9.51. The van der Waals surface area contributed by atoms with Crippen LogP contribution in [0.2, 0.25) is 0 Å². The zero-order chi connectivity index (χ0) is 18.3. The highest BCUT2D eigenvalue weighted by molar-refractivity contribution is 6.09. The van der Waals surface area contributed by atoms with Gasteiger partial charge in [-0.25, -0.2) is 0 Å². The lowest BCUT2D eigenvalue weighted by Gasteiger charge is -2.33. The Balaban J connectivity index is 1.79. The molecule has 1 aromatic rings. The predicted octanol–water partition coefficient (Wildman–Crippen LogP) is 3.69. The minimum atomic E-state index is -0.511. The average molecular weight is 342 g/mol. The van der Waals surface area contributed by atoms with Gasteiger partial charge < -0.3 is 9.80 Å². The molecule has 1 aliphatic heterocycles. The summed E-state index contributed by atoms with van der Waals surface area (Å²) >= 11 is 0. The maximum atomic E-state index is 13.2. The van der Waals surface area contributed by atoms with Crippen molar-refractivity contribution in [2.45, 2.75) is 66.0 Å². The molecule has 4 nitrogen and oxygen atoms in total. The number of amides is 2. The van der Waals surface area contributed by atoms with E-state index in [0.717, 1.165) is 29.7 Å². The molecular formula is C21H30N2O2. The topological polar surface area (TPSA) is 40.6 Å². The monoisotopic (exact) mass is 342 g/mol. The quantitative estimate of drug-likeness (QED) is 0.766. The van der Waals surface area contributed by atoms with Gasteiger partial charge in [-0.3, -0.25) is 9.59 Å². The van der Waals surface area contributed by atoms with Gasteiger partial charge in [0.15, 0.2) is 0 Å². The predicted molar refractivity (Wildman–Crippen MR) is 101 cm³/mol. The molecule has 4 heteroatoms. The number of aryl methyl sites for hydroxylation is 2. The molecule has 25 heavy (non-hydrogen) atoms. The molecule has 1 saturated carbocycles. The van der Waals surface area contributed by atoms with E-state index in [1.54, 1.807) is 4.90 Å². The average Bonchev–Trinajstić information content (AvgIpc) is 3.27. The molecule has 0 spiro atoms. The van der Waals surface area contributed by atoms with Crippen LogP contribution in [0.15, 0.2) is 18.2 Å². The van der Waals surface area contributed by atoms with Crippen molar-refractivity contribution in [2.75, 3.05) is 11.4 Å². The fraction of sp³-hybridized carbons (Fsp3) is 0.619. The molecule has 2 amide bonds. The summed E-state index contributed by atoms with van der Waals surface area (Å²) in [6.45, 7) is 11.1. The Morgan fingerprint density at radius 1 is 1.08 bits per heavy atom. The molecule has 1 heterocycles. The first kappa shape index (κ1) is 18.0. The maximum Gasteiger partial charge on any atom is 0.239 e. The van der Waals surface area contributed by atoms with Gasteiger partial charge in [0.1, 0.15) is 5.92 Å².